The highest BCUT2D eigenvalue weighted by molar-refractivity contribution is 7.15. The summed E-state index contributed by atoms with van der Waals surface area (Å²) in [6, 6.07) is 0.0803. The molecule has 4 nitrogen and oxygen atoms in total. The topological polar surface area (TPSA) is 45.4 Å². The van der Waals surface area contributed by atoms with E-state index in [9.17, 15) is 0 Å². The van der Waals surface area contributed by atoms with Gasteiger partial charge in [-0.3, -0.25) is 4.90 Å². The monoisotopic (exact) mass is 268 g/mol. The van der Waals surface area contributed by atoms with Crippen molar-refractivity contribution in [3.05, 3.63) is 10.6 Å². The first kappa shape index (κ1) is 13.8. The van der Waals surface area contributed by atoms with Crippen LogP contribution in [-0.2, 0) is 0 Å². The largest absolute Gasteiger partial charge is 0.345 e. The molecule has 102 valence electrons. The van der Waals surface area contributed by atoms with Crippen LogP contribution in [0.15, 0.2) is 0 Å². The molecule has 1 unspecified atom stereocenters. The lowest BCUT2D eigenvalue weighted by Gasteiger charge is -2.45. The molecule has 18 heavy (non-hydrogen) atoms. The number of hydrogen-bond acceptors (Lipinski definition) is 5. The summed E-state index contributed by atoms with van der Waals surface area (Å²) in [5.41, 5.74) is 7.26. The van der Waals surface area contributed by atoms with Gasteiger partial charge in [0.15, 0.2) is 5.13 Å². The normalized spacial score (nSPS) is 22.2. The van der Waals surface area contributed by atoms with E-state index >= 15 is 0 Å². The van der Waals surface area contributed by atoms with E-state index in [2.05, 4.69) is 37.6 Å². The van der Waals surface area contributed by atoms with Gasteiger partial charge in [-0.2, -0.15) is 0 Å². The molecule has 0 spiro atoms. The molecule has 0 radical (unpaired) electrons. The first-order valence-electron chi connectivity index (χ1n) is 6.50. The fourth-order valence-corrected chi connectivity index (χ4v) is 3.40. The predicted molar refractivity (Wildman–Crippen MR) is 78.4 cm³/mol. The standard InChI is InChI=1S/C13H24N4S/c1-9(14)11-10(2)15-12(18-11)17-7-6-16(5)13(3,4)8-17/h9H,6-8,14H2,1-5H3. The highest BCUT2D eigenvalue weighted by Gasteiger charge is 2.32. The lowest BCUT2D eigenvalue weighted by molar-refractivity contribution is 0.139. The molecule has 0 amide bonds. The Morgan fingerprint density at radius 1 is 1.39 bits per heavy atom. The summed E-state index contributed by atoms with van der Waals surface area (Å²) in [4.78, 5) is 10.7. The second kappa shape index (κ2) is 4.79. The molecule has 1 aromatic rings. The minimum Gasteiger partial charge on any atom is -0.345 e. The summed E-state index contributed by atoms with van der Waals surface area (Å²) < 4.78 is 0. The molecule has 0 bridgehead atoms. The van der Waals surface area contributed by atoms with Crippen LogP contribution in [0.2, 0.25) is 0 Å². The third-order valence-electron chi connectivity index (χ3n) is 3.82. The van der Waals surface area contributed by atoms with E-state index in [1.54, 1.807) is 11.3 Å². The third kappa shape index (κ3) is 2.53. The SMILES string of the molecule is Cc1nc(N2CCN(C)C(C)(C)C2)sc1C(C)N. The molecule has 1 aromatic heterocycles. The second-order valence-electron chi connectivity index (χ2n) is 5.89. The molecule has 5 heteroatoms. The summed E-state index contributed by atoms with van der Waals surface area (Å²) >= 11 is 1.75. The highest BCUT2D eigenvalue weighted by Crippen LogP contribution is 2.32. The fourth-order valence-electron chi connectivity index (χ4n) is 2.35. The van der Waals surface area contributed by atoms with E-state index in [4.69, 9.17) is 10.7 Å². The first-order chi connectivity index (χ1) is 8.31. The zero-order valence-electron chi connectivity index (χ0n) is 12.0. The Morgan fingerprint density at radius 3 is 2.56 bits per heavy atom. The summed E-state index contributed by atoms with van der Waals surface area (Å²) in [5, 5.41) is 1.13. The molecule has 1 atom stereocenters. The van der Waals surface area contributed by atoms with Crippen molar-refractivity contribution < 1.29 is 0 Å². The van der Waals surface area contributed by atoms with Crippen molar-refractivity contribution in [2.75, 3.05) is 31.6 Å². The number of rotatable bonds is 2. The van der Waals surface area contributed by atoms with Crippen molar-refractivity contribution in [3.8, 4) is 0 Å². The van der Waals surface area contributed by atoms with Crippen molar-refractivity contribution in [1.29, 1.82) is 0 Å². The van der Waals surface area contributed by atoms with Crippen molar-refractivity contribution >= 4 is 16.5 Å². The molecule has 1 saturated heterocycles. The average molecular weight is 268 g/mol. The Morgan fingerprint density at radius 2 is 2.06 bits per heavy atom. The molecule has 0 aromatic carbocycles. The number of nitrogens with two attached hydrogens (primary N) is 1. The molecular weight excluding hydrogens is 244 g/mol. The number of aromatic nitrogens is 1. The number of likely N-dealkylation sites (N-methyl/N-ethyl adjacent to an activating group) is 1. The maximum Gasteiger partial charge on any atom is 0.185 e. The van der Waals surface area contributed by atoms with E-state index in [0.29, 0.717) is 0 Å². The predicted octanol–water partition coefficient (Wildman–Crippen LogP) is 2.00. The van der Waals surface area contributed by atoms with Crippen LogP contribution in [0.3, 0.4) is 0 Å². The first-order valence-corrected chi connectivity index (χ1v) is 7.32. The molecule has 2 N–H and O–H groups in total. The van der Waals surface area contributed by atoms with Gasteiger partial charge in [-0.1, -0.05) is 0 Å². The third-order valence-corrected chi connectivity index (χ3v) is 5.24. The lowest BCUT2D eigenvalue weighted by atomic mass is 10.0. The molecule has 1 fully saturated rings. The van der Waals surface area contributed by atoms with Crippen molar-refractivity contribution in [3.63, 3.8) is 0 Å². The zero-order chi connectivity index (χ0) is 13.5. The van der Waals surface area contributed by atoms with E-state index in [1.807, 2.05) is 6.92 Å². The van der Waals surface area contributed by atoms with Crippen LogP contribution in [0.1, 0.15) is 37.4 Å². The van der Waals surface area contributed by atoms with Crippen molar-refractivity contribution in [1.82, 2.24) is 9.88 Å². The van der Waals surface area contributed by atoms with Gasteiger partial charge in [0.05, 0.1) is 5.69 Å². The number of anilines is 1. The Kier molecular flexibility index (Phi) is 3.67. The quantitative estimate of drug-likeness (QED) is 0.891. The van der Waals surface area contributed by atoms with Crippen molar-refractivity contribution in [2.45, 2.75) is 39.3 Å². The molecule has 0 saturated carbocycles. The molecule has 0 aliphatic carbocycles. The van der Waals surface area contributed by atoms with Gasteiger partial charge in [0.1, 0.15) is 0 Å². The maximum atomic E-state index is 5.98. The number of thiazole rings is 1. The van der Waals surface area contributed by atoms with Crippen LogP contribution in [0.5, 0.6) is 0 Å². The molecule has 2 rings (SSSR count). The summed E-state index contributed by atoms with van der Waals surface area (Å²) in [6.45, 7) is 11.8. The fraction of sp³-hybridized carbons (Fsp3) is 0.769. The highest BCUT2D eigenvalue weighted by atomic mass is 32.1. The number of hydrogen-bond donors (Lipinski definition) is 1. The van der Waals surface area contributed by atoms with Crippen molar-refractivity contribution in [2.24, 2.45) is 5.73 Å². The molecule has 2 heterocycles. The van der Waals surface area contributed by atoms with E-state index < -0.39 is 0 Å². The molecular formula is C13H24N4S. The summed E-state index contributed by atoms with van der Waals surface area (Å²) in [6.07, 6.45) is 0. The van der Waals surface area contributed by atoms with Crippen LogP contribution in [0, 0.1) is 6.92 Å². The van der Waals surface area contributed by atoms with E-state index in [0.717, 1.165) is 30.5 Å². The van der Waals surface area contributed by atoms with Gasteiger partial charge in [0.25, 0.3) is 0 Å². The Bertz CT molecular complexity index is 425. The van der Waals surface area contributed by atoms with Gasteiger partial charge in [-0.15, -0.1) is 11.3 Å². The van der Waals surface area contributed by atoms with Gasteiger partial charge in [0, 0.05) is 36.1 Å². The van der Waals surface area contributed by atoms with Gasteiger partial charge >= 0.3 is 0 Å². The number of aryl methyl sites for hydroxylation is 1. The Balaban J connectivity index is 2.20. The number of nitrogens with zero attached hydrogens (tertiary/aromatic N) is 3. The molecule has 1 aliphatic heterocycles. The van der Waals surface area contributed by atoms with Crippen LogP contribution in [0.25, 0.3) is 0 Å². The van der Waals surface area contributed by atoms with Crippen LogP contribution in [-0.4, -0.2) is 42.1 Å². The van der Waals surface area contributed by atoms with Gasteiger partial charge in [-0.25, -0.2) is 4.98 Å². The Hall–Kier alpha value is -0.650. The van der Waals surface area contributed by atoms with Crippen LogP contribution < -0.4 is 10.6 Å². The smallest absolute Gasteiger partial charge is 0.185 e. The van der Waals surface area contributed by atoms with E-state index in [1.165, 1.54) is 4.88 Å². The molecule has 1 aliphatic rings. The lowest BCUT2D eigenvalue weighted by Crippen LogP contribution is -2.57. The summed E-state index contributed by atoms with van der Waals surface area (Å²) in [7, 11) is 2.19. The minimum atomic E-state index is 0.0803. The number of piperazine rings is 1. The minimum absolute atomic E-state index is 0.0803. The average Bonchev–Trinajstić information content (AvgIpc) is 2.64. The summed E-state index contributed by atoms with van der Waals surface area (Å²) in [5.74, 6) is 0. The van der Waals surface area contributed by atoms with Gasteiger partial charge in [-0.05, 0) is 34.7 Å². The van der Waals surface area contributed by atoms with Crippen LogP contribution >= 0.6 is 11.3 Å². The second-order valence-corrected chi connectivity index (χ2v) is 6.90. The van der Waals surface area contributed by atoms with Crippen LogP contribution in [0.4, 0.5) is 5.13 Å². The van der Waals surface area contributed by atoms with E-state index in [-0.39, 0.29) is 11.6 Å². The van der Waals surface area contributed by atoms with Gasteiger partial charge in [0.2, 0.25) is 0 Å². The Labute approximate surface area is 114 Å². The maximum absolute atomic E-state index is 5.98. The van der Waals surface area contributed by atoms with Gasteiger partial charge < -0.3 is 10.6 Å². The zero-order valence-corrected chi connectivity index (χ0v) is 12.8.